The maximum atomic E-state index is 12.1. The van der Waals surface area contributed by atoms with Crippen molar-refractivity contribution in [2.75, 3.05) is 20.6 Å². The lowest BCUT2D eigenvalue weighted by atomic mass is 10.4. The molecule has 0 radical (unpaired) electrons. The molecule has 0 bridgehead atoms. The SMILES string of the molecule is CNC(=O)CCN(C)S(=O)(=O)c1cnccc1Cl. The van der Waals surface area contributed by atoms with Gasteiger partial charge in [-0.25, -0.2) is 12.7 Å². The van der Waals surface area contributed by atoms with E-state index in [4.69, 9.17) is 11.6 Å². The van der Waals surface area contributed by atoms with Crippen LogP contribution in [0.2, 0.25) is 5.02 Å². The first-order chi connectivity index (χ1) is 8.39. The predicted octanol–water partition coefficient (Wildman–Crippen LogP) is 0.492. The lowest BCUT2D eigenvalue weighted by Gasteiger charge is -2.17. The highest BCUT2D eigenvalue weighted by Gasteiger charge is 2.23. The zero-order chi connectivity index (χ0) is 13.8. The van der Waals surface area contributed by atoms with Gasteiger partial charge in [-0.3, -0.25) is 9.78 Å². The highest BCUT2D eigenvalue weighted by Crippen LogP contribution is 2.22. The van der Waals surface area contributed by atoms with Gasteiger partial charge in [-0.2, -0.15) is 0 Å². The first kappa shape index (κ1) is 14.9. The van der Waals surface area contributed by atoms with E-state index in [0.717, 1.165) is 4.31 Å². The third-order valence-corrected chi connectivity index (χ3v) is 4.68. The minimum atomic E-state index is -3.71. The Morgan fingerprint density at radius 3 is 2.78 bits per heavy atom. The van der Waals surface area contributed by atoms with Gasteiger partial charge in [0.2, 0.25) is 15.9 Å². The number of halogens is 1. The molecular formula is C10H14ClN3O3S. The largest absolute Gasteiger partial charge is 0.359 e. The van der Waals surface area contributed by atoms with Crippen molar-refractivity contribution < 1.29 is 13.2 Å². The zero-order valence-electron chi connectivity index (χ0n) is 10.1. The lowest BCUT2D eigenvalue weighted by Crippen LogP contribution is -2.31. The summed E-state index contributed by atoms with van der Waals surface area (Å²) in [6.45, 7) is 0.0766. The van der Waals surface area contributed by atoms with Gasteiger partial charge in [0.25, 0.3) is 0 Å². The van der Waals surface area contributed by atoms with Gasteiger partial charge >= 0.3 is 0 Å². The Kier molecular flexibility index (Phi) is 5.06. The fraction of sp³-hybridized carbons (Fsp3) is 0.400. The molecule has 0 saturated heterocycles. The number of hydrogen-bond acceptors (Lipinski definition) is 4. The van der Waals surface area contributed by atoms with Crippen LogP contribution in [0.25, 0.3) is 0 Å². The third-order valence-electron chi connectivity index (χ3n) is 2.35. The predicted molar refractivity (Wildman–Crippen MR) is 67.7 cm³/mol. The second-order valence-corrected chi connectivity index (χ2v) is 5.98. The molecule has 0 spiro atoms. The van der Waals surface area contributed by atoms with E-state index in [9.17, 15) is 13.2 Å². The van der Waals surface area contributed by atoms with Crippen LogP contribution in [0.1, 0.15) is 6.42 Å². The van der Waals surface area contributed by atoms with Crippen molar-refractivity contribution in [2.45, 2.75) is 11.3 Å². The maximum absolute atomic E-state index is 12.1. The summed E-state index contributed by atoms with van der Waals surface area (Å²) in [6.07, 6.45) is 2.68. The van der Waals surface area contributed by atoms with E-state index in [1.54, 1.807) is 0 Å². The van der Waals surface area contributed by atoms with Gasteiger partial charge in [0.05, 0.1) is 5.02 Å². The normalized spacial score (nSPS) is 11.6. The van der Waals surface area contributed by atoms with Crippen LogP contribution in [-0.4, -0.2) is 44.3 Å². The van der Waals surface area contributed by atoms with E-state index in [-0.39, 0.29) is 28.8 Å². The number of hydrogen-bond donors (Lipinski definition) is 1. The number of pyridine rings is 1. The summed E-state index contributed by atoms with van der Waals surface area (Å²) < 4.78 is 25.3. The molecule has 6 nitrogen and oxygen atoms in total. The van der Waals surface area contributed by atoms with Crippen LogP contribution in [-0.2, 0) is 14.8 Å². The molecular weight excluding hydrogens is 278 g/mol. The maximum Gasteiger partial charge on any atom is 0.245 e. The Morgan fingerprint density at radius 2 is 2.22 bits per heavy atom. The molecule has 1 heterocycles. The van der Waals surface area contributed by atoms with Crippen LogP contribution in [0.3, 0.4) is 0 Å². The molecule has 0 aliphatic rings. The molecule has 0 aliphatic heterocycles. The van der Waals surface area contributed by atoms with Gasteiger partial charge in [0, 0.05) is 39.5 Å². The minimum absolute atomic E-state index is 0.0638. The number of sulfonamides is 1. The van der Waals surface area contributed by atoms with Gasteiger partial charge in [0.15, 0.2) is 0 Å². The molecule has 1 amide bonds. The van der Waals surface area contributed by atoms with Crippen molar-refractivity contribution in [3.05, 3.63) is 23.5 Å². The second kappa shape index (κ2) is 6.12. The topological polar surface area (TPSA) is 79.4 Å². The number of carbonyl (C=O) groups is 1. The summed E-state index contributed by atoms with van der Waals surface area (Å²) in [5, 5.41) is 2.53. The van der Waals surface area contributed by atoms with E-state index >= 15 is 0 Å². The first-order valence-electron chi connectivity index (χ1n) is 5.16. The van der Waals surface area contributed by atoms with Crippen LogP contribution in [0.5, 0.6) is 0 Å². The molecule has 0 saturated carbocycles. The monoisotopic (exact) mass is 291 g/mol. The molecule has 1 N–H and O–H groups in total. The Hall–Kier alpha value is -1.18. The molecule has 18 heavy (non-hydrogen) atoms. The van der Waals surface area contributed by atoms with Gasteiger partial charge < -0.3 is 5.32 Å². The fourth-order valence-corrected chi connectivity index (χ4v) is 2.80. The summed E-state index contributed by atoms with van der Waals surface area (Å²) in [4.78, 5) is 14.7. The fourth-order valence-electron chi connectivity index (χ4n) is 1.22. The van der Waals surface area contributed by atoms with E-state index in [1.807, 2.05) is 0 Å². The molecule has 0 fully saturated rings. The van der Waals surface area contributed by atoms with E-state index < -0.39 is 10.0 Å². The molecule has 100 valence electrons. The Morgan fingerprint density at radius 1 is 1.56 bits per heavy atom. The standard InChI is InChI=1S/C10H14ClN3O3S/c1-12-10(15)4-6-14(2)18(16,17)9-7-13-5-3-8(9)11/h3,5,7H,4,6H2,1-2H3,(H,12,15). The van der Waals surface area contributed by atoms with Crippen LogP contribution in [0.15, 0.2) is 23.4 Å². The first-order valence-corrected chi connectivity index (χ1v) is 6.98. The van der Waals surface area contributed by atoms with Crippen LogP contribution in [0, 0.1) is 0 Å². The van der Waals surface area contributed by atoms with Crippen molar-refractivity contribution in [1.82, 2.24) is 14.6 Å². The Labute approximate surface area is 111 Å². The summed E-state index contributed by atoms with van der Waals surface area (Å²) in [5.74, 6) is -0.227. The number of amides is 1. The number of carbonyl (C=O) groups excluding carboxylic acids is 1. The summed E-state index contributed by atoms with van der Waals surface area (Å²) in [7, 11) is -0.829. The summed E-state index contributed by atoms with van der Waals surface area (Å²) in [6, 6.07) is 1.40. The third kappa shape index (κ3) is 3.41. The molecule has 0 aliphatic carbocycles. The molecule has 0 unspecified atom stereocenters. The summed E-state index contributed by atoms with van der Waals surface area (Å²) in [5.41, 5.74) is 0. The van der Waals surface area contributed by atoms with E-state index in [0.29, 0.717) is 0 Å². The van der Waals surface area contributed by atoms with Gasteiger partial charge in [0.1, 0.15) is 4.90 Å². The smallest absolute Gasteiger partial charge is 0.245 e. The average Bonchev–Trinajstić information content (AvgIpc) is 2.35. The minimum Gasteiger partial charge on any atom is -0.359 e. The van der Waals surface area contributed by atoms with Gasteiger partial charge in [-0.15, -0.1) is 0 Å². The van der Waals surface area contributed by atoms with Crippen molar-refractivity contribution in [1.29, 1.82) is 0 Å². The average molecular weight is 292 g/mol. The van der Waals surface area contributed by atoms with Crippen molar-refractivity contribution >= 4 is 27.5 Å². The van der Waals surface area contributed by atoms with Crippen LogP contribution < -0.4 is 5.32 Å². The number of rotatable bonds is 5. The zero-order valence-corrected chi connectivity index (χ0v) is 11.6. The quantitative estimate of drug-likeness (QED) is 0.856. The molecule has 1 aromatic rings. The number of aromatic nitrogens is 1. The molecule has 0 aromatic carbocycles. The van der Waals surface area contributed by atoms with E-state index in [2.05, 4.69) is 10.3 Å². The van der Waals surface area contributed by atoms with Gasteiger partial charge in [-0.1, -0.05) is 11.6 Å². The summed E-state index contributed by atoms with van der Waals surface area (Å²) >= 11 is 5.82. The highest BCUT2D eigenvalue weighted by molar-refractivity contribution is 7.89. The van der Waals surface area contributed by atoms with Crippen LogP contribution >= 0.6 is 11.6 Å². The van der Waals surface area contributed by atoms with Crippen molar-refractivity contribution in [2.24, 2.45) is 0 Å². The Bertz CT molecular complexity index is 533. The number of nitrogens with one attached hydrogen (secondary N) is 1. The lowest BCUT2D eigenvalue weighted by molar-refractivity contribution is -0.120. The van der Waals surface area contributed by atoms with Crippen molar-refractivity contribution in [3.63, 3.8) is 0 Å². The second-order valence-electron chi connectivity index (χ2n) is 3.56. The van der Waals surface area contributed by atoms with Crippen molar-refractivity contribution in [3.8, 4) is 0 Å². The molecule has 1 aromatic heterocycles. The molecule has 0 atom stereocenters. The van der Waals surface area contributed by atoms with Crippen LogP contribution in [0.4, 0.5) is 0 Å². The van der Waals surface area contributed by atoms with E-state index in [1.165, 1.54) is 32.6 Å². The molecule has 8 heteroatoms. The molecule has 1 rings (SSSR count). The number of nitrogens with zero attached hydrogens (tertiary/aromatic N) is 2. The Balaban J connectivity index is 2.87. The van der Waals surface area contributed by atoms with Gasteiger partial charge in [-0.05, 0) is 6.07 Å². The highest BCUT2D eigenvalue weighted by atomic mass is 35.5.